The monoisotopic (exact) mass is 510 g/mol. The number of piperazine rings is 2. The number of para-hydroxylation sites is 1. The summed E-state index contributed by atoms with van der Waals surface area (Å²) in [6, 6.07) is 14.7. The van der Waals surface area contributed by atoms with Crippen molar-refractivity contribution in [3.05, 3.63) is 54.4 Å². The maximum Gasteiger partial charge on any atom is 0.243 e. The first-order valence-corrected chi connectivity index (χ1v) is 13.9. The Morgan fingerprint density at radius 2 is 1.53 bits per heavy atom. The van der Waals surface area contributed by atoms with Crippen molar-refractivity contribution in [2.45, 2.75) is 17.9 Å². The lowest BCUT2D eigenvalue weighted by Crippen LogP contribution is -2.49. The van der Waals surface area contributed by atoms with Gasteiger partial charge in [0.25, 0.3) is 0 Å². The van der Waals surface area contributed by atoms with Crippen LogP contribution in [0.4, 0.5) is 5.82 Å². The smallest absolute Gasteiger partial charge is 0.243 e. The average molecular weight is 511 g/mol. The minimum Gasteiger partial charge on any atom is -0.497 e. The Labute approximate surface area is 213 Å². The fraction of sp³-hybridized carbons (Fsp3) is 0.462. The van der Waals surface area contributed by atoms with E-state index in [4.69, 9.17) is 14.7 Å². The van der Waals surface area contributed by atoms with Crippen LogP contribution in [0.1, 0.15) is 18.8 Å². The molecule has 3 aromatic rings. The molecule has 0 spiro atoms. The number of anilines is 1. The number of benzene rings is 2. The van der Waals surface area contributed by atoms with Gasteiger partial charge in [-0.15, -0.1) is 0 Å². The molecule has 1 atom stereocenters. The van der Waals surface area contributed by atoms with Crippen LogP contribution in [-0.2, 0) is 10.0 Å². The van der Waals surface area contributed by atoms with Gasteiger partial charge in [0.15, 0.2) is 0 Å². The molecule has 0 amide bonds. The maximum absolute atomic E-state index is 13.2. The molecule has 36 heavy (non-hydrogen) atoms. The molecule has 3 heterocycles. The Balaban J connectivity index is 1.33. The Morgan fingerprint density at radius 1 is 0.861 bits per heavy atom. The molecule has 10 heteroatoms. The highest BCUT2D eigenvalue weighted by Gasteiger charge is 2.31. The lowest BCUT2D eigenvalue weighted by Gasteiger charge is -2.37. The summed E-state index contributed by atoms with van der Waals surface area (Å²) in [4.78, 5) is 17.3. The second kappa shape index (κ2) is 10.3. The summed E-state index contributed by atoms with van der Waals surface area (Å²) in [5.74, 6) is 2.42. The molecular weight excluding hydrogens is 476 g/mol. The molecule has 2 saturated heterocycles. The van der Waals surface area contributed by atoms with Crippen molar-refractivity contribution in [1.82, 2.24) is 24.1 Å². The molecular formula is C26H34N6O3S. The molecule has 0 bridgehead atoms. The van der Waals surface area contributed by atoms with Crippen LogP contribution in [0.2, 0.25) is 0 Å². The molecule has 2 aliphatic rings. The summed E-state index contributed by atoms with van der Waals surface area (Å²) < 4.78 is 33.0. The third-order valence-corrected chi connectivity index (χ3v) is 9.21. The van der Waals surface area contributed by atoms with Crippen LogP contribution in [0, 0.1) is 0 Å². The van der Waals surface area contributed by atoms with Gasteiger partial charge in [-0.05, 0) is 50.4 Å². The highest BCUT2D eigenvalue weighted by atomic mass is 32.2. The number of rotatable bonds is 6. The summed E-state index contributed by atoms with van der Waals surface area (Å²) in [5.41, 5.74) is 0.948. The maximum atomic E-state index is 13.2. The van der Waals surface area contributed by atoms with Gasteiger partial charge >= 0.3 is 0 Å². The standard InChI is InChI=1S/C26H34N6O3S/c1-20(30-16-18-32(19-17-30)36(33,34)22-10-8-21(35-3)9-11-22)25-27-24-7-5-4-6-23(24)26(28-25)31-14-12-29(2)13-15-31/h4-11,20H,12-19H2,1-3H3. The molecule has 1 unspecified atom stereocenters. The van der Waals surface area contributed by atoms with Gasteiger partial charge in [0, 0.05) is 57.7 Å². The van der Waals surface area contributed by atoms with E-state index >= 15 is 0 Å². The van der Waals surface area contributed by atoms with E-state index in [1.54, 1.807) is 35.7 Å². The van der Waals surface area contributed by atoms with Gasteiger partial charge in [0.05, 0.1) is 23.6 Å². The van der Waals surface area contributed by atoms with Crippen LogP contribution in [-0.4, -0.2) is 99.0 Å². The van der Waals surface area contributed by atoms with Crippen molar-refractivity contribution < 1.29 is 13.2 Å². The second-order valence-corrected chi connectivity index (χ2v) is 11.4. The van der Waals surface area contributed by atoms with Crippen LogP contribution < -0.4 is 9.64 Å². The third kappa shape index (κ3) is 4.90. The number of aromatic nitrogens is 2. The molecule has 5 rings (SSSR count). The van der Waals surface area contributed by atoms with E-state index in [9.17, 15) is 8.42 Å². The van der Waals surface area contributed by atoms with Crippen LogP contribution in [0.3, 0.4) is 0 Å². The van der Waals surface area contributed by atoms with Gasteiger partial charge in [-0.3, -0.25) is 4.90 Å². The summed E-state index contributed by atoms with van der Waals surface area (Å²) in [7, 11) is 0.171. The molecule has 0 N–H and O–H groups in total. The van der Waals surface area contributed by atoms with Crippen molar-refractivity contribution >= 4 is 26.7 Å². The van der Waals surface area contributed by atoms with E-state index in [-0.39, 0.29) is 6.04 Å². The number of hydrogen-bond acceptors (Lipinski definition) is 8. The van der Waals surface area contributed by atoms with Crippen molar-refractivity contribution in [2.75, 3.05) is 71.4 Å². The lowest BCUT2D eigenvalue weighted by molar-refractivity contribution is 0.141. The molecule has 0 radical (unpaired) electrons. The number of sulfonamides is 1. The van der Waals surface area contributed by atoms with Crippen LogP contribution in [0.5, 0.6) is 5.75 Å². The predicted molar refractivity (Wildman–Crippen MR) is 141 cm³/mol. The number of hydrogen-bond donors (Lipinski definition) is 0. The van der Waals surface area contributed by atoms with E-state index in [2.05, 4.69) is 34.7 Å². The Kier molecular flexibility index (Phi) is 7.11. The zero-order valence-electron chi connectivity index (χ0n) is 21.2. The van der Waals surface area contributed by atoms with Crippen LogP contribution >= 0.6 is 0 Å². The second-order valence-electron chi connectivity index (χ2n) is 9.50. The summed E-state index contributed by atoms with van der Waals surface area (Å²) in [6.45, 7) is 8.11. The van der Waals surface area contributed by atoms with E-state index in [1.165, 1.54) is 0 Å². The molecule has 2 aliphatic heterocycles. The third-order valence-electron chi connectivity index (χ3n) is 7.30. The number of methoxy groups -OCH3 is 1. The lowest BCUT2D eigenvalue weighted by atomic mass is 10.1. The Morgan fingerprint density at radius 3 is 2.19 bits per heavy atom. The van der Waals surface area contributed by atoms with E-state index in [1.807, 2.05) is 18.2 Å². The van der Waals surface area contributed by atoms with Gasteiger partial charge in [0.2, 0.25) is 10.0 Å². The fourth-order valence-corrected chi connectivity index (χ4v) is 6.34. The van der Waals surface area contributed by atoms with E-state index in [0.717, 1.165) is 48.7 Å². The Hall–Kier alpha value is -2.79. The van der Waals surface area contributed by atoms with Gasteiger partial charge in [-0.1, -0.05) is 12.1 Å². The molecule has 9 nitrogen and oxygen atoms in total. The number of likely N-dealkylation sites (N-methyl/N-ethyl adjacent to an activating group) is 1. The zero-order chi connectivity index (χ0) is 25.3. The van der Waals surface area contributed by atoms with Crippen molar-refractivity contribution in [3.63, 3.8) is 0 Å². The predicted octanol–water partition coefficient (Wildman–Crippen LogP) is 2.46. The van der Waals surface area contributed by atoms with Crippen molar-refractivity contribution in [3.8, 4) is 5.75 Å². The molecule has 2 fully saturated rings. The number of nitrogens with zero attached hydrogens (tertiary/aromatic N) is 6. The quantitative estimate of drug-likeness (QED) is 0.500. The first-order valence-electron chi connectivity index (χ1n) is 12.5. The first-order chi connectivity index (χ1) is 17.4. The van der Waals surface area contributed by atoms with Gasteiger partial charge < -0.3 is 14.5 Å². The van der Waals surface area contributed by atoms with Gasteiger partial charge in [-0.2, -0.15) is 4.31 Å². The van der Waals surface area contributed by atoms with Crippen molar-refractivity contribution in [2.24, 2.45) is 0 Å². The van der Waals surface area contributed by atoms with E-state index < -0.39 is 10.0 Å². The largest absolute Gasteiger partial charge is 0.497 e. The zero-order valence-corrected chi connectivity index (χ0v) is 22.0. The van der Waals surface area contributed by atoms with Gasteiger partial charge in [0.1, 0.15) is 17.4 Å². The normalized spacial score (nSPS) is 19.5. The van der Waals surface area contributed by atoms with Crippen LogP contribution in [0.25, 0.3) is 10.9 Å². The first kappa shape index (κ1) is 24.9. The van der Waals surface area contributed by atoms with E-state index in [0.29, 0.717) is 36.8 Å². The molecule has 0 saturated carbocycles. The molecule has 192 valence electrons. The molecule has 1 aromatic heterocycles. The topological polar surface area (TPSA) is 82.1 Å². The van der Waals surface area contributed by atoms with Crippen molar-refractivity contribution in [1.29, 1.82) is 0 Å². The molecule has 2 aromatic carbocycles. The number of ether oxygens (including phenoxy) is 1. The fourth-order valence-electron chi connectivity index (χ4n) is 4.91. The average Bonchev–Trinajstić information content (AvgIpc) is 2.92. The summed E-state index contributed by atoms with van der Waals surface area (Å²) >= 11 is 0. The minimum atomic E-state index is -3.55. The van der Waals surface area contributed by atoms with Crippen LogP contribution in [0.15, 0.2) is 53.4 Å². The highest BCUT2D eigenvalue weighted by Crippen LogP contribution is 2.29. The SMILES string of the molecule is COc1ccc(S(=O)(=O)N2CCN(C(C)c3nc(N4CCN(C)CC4)c4ccccc4n3)CC2)cc1. The summed E-state index contributed by atoms with van der Waals surface area (Å²) in [6.07, 6.45) is 0. The summed E-state index contributed by atoms with van der Waals surface area (Å²) in [5, 5.41) is 1.08. The Bertz CT molecular complexity index is 1300. The van der Waals surface area contributed by atoms with Gasteiger partial charge in [-0.25, -0.2) is 18.4 Å². The minimum absolute atomic E-state index is 0.0216. The molecule has 0 aliphatic carbocycles. The highest BCUT2D eigenvalue weighted by molar-refractivity contribution is 7.89. The number of fused-ring (bicyclic) bond motifs is 1.